The van der Waals surface area contributed by atoms with Crippen LogP contribution in [0.3, 0.4) is 0 Å². The first-order valence-corrected chi connectivity index (χ1v) is 13.6. The summed E-state index contributed by atoms with van der Waals surface area (Å²) in [5.74, 6) is 0.168. The van der Waals surface area contributed by atoms with Crippen LogP contribution in [0.25, 0.3) is 0 Å². The van der Waals surface area contributed by atoms with Crippen LogP contribution in [0, 0.1) is 0 Å². The molecule has 2 aromatic carbocycles. The van der Waals surface area contributed by atoms with Crippen molar-refractivity contribution in [3.05, 3.63) is 52.5 Å². The zero-order valence-corrected chi connectivity index (χ0v) is 21.7. The molecule has 33 heavy (non-hydrogen) atoms. The van der Waals surface area contributed by atoms with Gasteiger partial charge in [0.2, 0.25) is 10.0 Å². The molecule has 0 spiro atoms. The second-order valence-electron chi connectivity index (χ2n) is 7.75. The van der Waals surface area contributed by atoms with Crippen LogP contribution >= 0.6 is 28.1 Å². The number of benzene rings is 2. The Morgan fingerprint density at radius 1 is 1.09 bits per heavy atom. The molecule has 0 atom stereocenters. The Labute approximate surface area is 209 Å². The van der Waals surface area contributed by atoms with Crippen molar-refractivity contribution in [1.29, 1.82) is 0 Å². The number of ether oxygens (including phenoxy) is 1. The van der Waals surface area contributed by atoms with Gasteiger partial charge in [-0.3, -0.25) is 10.1 Å². The summed E-state index contributed by atoms with van der Waals surface area (Å²) in [6, 6.07) is 12.1. The molecular formula is C23H28BrN3O4S2. The van der Waals surface area contributed by atoms with E-state index in [-0.39, 0.29) is 16.6 Å². The van der Waals surface area contributed by atoms with E-state index < -0.39 is 15.9 Å². The highest BCUT2D eigenvalue weighted by Crippen LogP contribution is 2.26. The minimum Gasteiger partial charge on any atom is -0.483 e. The van der Waals surface area contributed by atoms with Gasteiger partial charge in [0.1, 0.15) is 5.75 Å². The number of hydrogen-bond donors (Lipinski definition) is 2. The van der Waals surface area contributed by atoms with Crippen molar-refractivity contribution in [2.24, 2.45) is 0 Å². The van der Waals surface area contributed by atoms with Gasteiger partial charge in [-0.05, 0) is 89.4 Å². The van der Waals surface area contributed by atoms with Crippen molar-refractivity contribution in [3.8, 4) is 5.75 Å². The summed E-state index contributed by atoms with van der Waals surface area (Å²) in [6.45, 7) is 2.98. The zero-order chi connectivity index (χ0) is 23.8. The first-order valence-electron chi connectivity index (χ1n) is 10.9. The fourth-order valence-electron chi connectivity index (χ4n) is 3.49. The van der Waals surface area contributed by atoms with E-state index in [9.17, 15) is 13.2 Å². The molecule has 1 fully saturated rings. The van der Waals surface area contributed by atoms with Crippen LogP contribution in [0.4, 0.5) is 5.69 Å². The smallest absolute Gasteiger partial charge is 0.264 e. The summed E-state index contributed by atoms with van der Waals surface area (Å²) < 4.78 is 33.6. The molecule has 1 aliphatic heterocycles. The number of amides is 1. The Hall–Kier alpha value is -2.01. The van der Waals surface area contributed by atoms with Crippen LogP contribution in [0.1, 0.15) is 38.2 Å². The van der Waals surface area contributed by atoms with E-state index in [2.05, 4.69) is 33.5 Å². The molecule has 2 N–H and O–H groups in total. The monoisotopic (exact) mass is 553 g/mol. The molecule has 1 heterocycles. The summed E-state index contributed by atoms with van der Waals surface area (Å²) in [7, 11) is -3.51. The van der Waals surface area contributed by atoms with Crippen molar-refractivity contribution >= 4 is 54.9 Å². The number of nitrogens with one attached hydrogen (secondary N) is 2. The van der Waals surface area contributed by atoms with Crippen molar-refractivity contribution in [3.63, 3.8) is 0 Å². The van der Waals surface area contributed by atoms with Crippen LogP contribution in [0.15, 0.2) is 51.8 Å². The third kappa shape index (κ3) is 7.23. The molecule has 0 saturated carbocycles. The van der Waals surface area contributed by atoms with Crippen LogP contribution in [0.2, 0.25) is 0 Å². The predicted octanol–water partition coefficient (Wildman–Crippen LogP) is 4.47. The Morgan fingerprint density at radius 2 is 1.76 bits per heavy atom. The van der Waals surface area contributed by atoms with Crippen LogP contribution in [-0.4, -0.2) is 43.4 Å². The van der Waals surface area contributed by atoms with Gasteiger partial charge in [0.05, 0.1) is 9.37 Å². The Kier molecular flexibility index (Phi) is 9.25. The van der Waals surface area contributed by atoms with Crippen molar-refractivity contribution in [2.75, 3.05) is 25.0 Å². The number of anilines is 1. The SMILES string of the molecule is CCc1ccc(OCC(=O)NC(=S)Nc2ccc(S(=O)(=O)N3CCCCCC3)cc2)c(Br)c1. The molecule has 3 rings (SSSR count). The Morgan fingerprint density at radius 3 is 2.36 bits per heavy atom. The van der Waals surface area contributed by atoms with E-state index in [1.165, 1.54) is 0 Å². The second kappa shape index (κ2) is 11.9. The first-order chi connectivity index (χ1) is 15.8. The highest BCUT2D eigenvalue weighted by Gasteiger charge is 2.25. The first kappa shape index (κ1) is 25.6. The molecule has 1 amide bonds. The Bertz CT molecular complexity index is 1080. The van der Waals surface area contributed by atoms with E-state index in [4.69, 9.17) is 17.0 Å². The molecule has 1 aliphatic rings. The van der Waals surface area contributed by atoms with E-state index in [0.717, 1.165) is 42.1 Å². The van der Waals surface area contributed by atoms with Gasteiger partial charge in [0.15, 0.2) is 11.7 Å². The number of hydrogen-bond acceptors (Lipinski definition) is 5. The lowest BCUT2D eigenvalue weighted by molar-refractivity contribution is -0.121. The predicted molar refractivity (Wildman–Crippen MR) is 137 cm³/mol. The van der Waals surface area contributed by atoms with Gasteiger partial charge in [-0.25, -0.2) is 8.42 Å². The standard InChI is InChI=1S/C23H28BrN3O4S2/c1-2-17-7-12-21(20(24)15-17)31-16-22(28)26-23(32)25-18-8-10-19(11-9-18)33(29,30)27-13-5-3-4-6-14-27/h7-12,15H,2-6,13-14,16H2,1H3,(H2,25,26,28,32). The average molecular weight is 555 g/mol. The van der Waals surface area contributed by atoms with Gasteiger partial charge in [-0.15, -0.1) is 0 Å². The number of carbonyl (C=O) groups excluding carboxylic acids is 1. The number of halogens is 1. The fraction of sp³-hybridized carbons (Fsp3) is 0.391. The molecule has 178 valence electrons. The number of carbonyl (C=O) groups is 1. The van der Waals surface area contributed by atoms with Gasteiger partial charge in [-0.1, -0.05) is 25.8 Å². The summed E-state index contributed by atoms with van der Waals surface area (Å²) in [5.41, 5.74) is 1.74. The molecule has 0 bridgehead atoms. The van der Waals surface area contributed by atoms with Crippen molar-refractivity contribution in [1.82, 2.24) is 9.62 Å². The lowest BCUT2D eigenvalue weighted by atomic mass is 10.2. The number of nitrogens with zero attached hydrogens (tertiary/aromatic N) is 1. The topological polar surface area (TPSA) is 87.7 Å². The maximum Gasteiger partial charge on any atom is 0.264 e. The molecule has 1 saturated heterocycles. The molecule has 0 radical (unpaired) electrons. The highest BCUT2D eigenvalue weighted by atomic mass is 79.9. The summed E-state index contributed by atoms with van der Waals surface area (Å²) in [5, 5.41) is 5.55. The molecular weight excluding hydrogens is 526 g/mol. The number of aryl methyl sites for hydroxylation is 1. The molecule has 2 aromatic rings. The van der Waals surface area contributed by atoms with Crippen molar-refractivity contribution < 1.29 is 17.9 Å². The molecule has 0 unspecified atom stereocenters. The minimum atomic E-state index is -3.51. The second-order valence-corrected chi connectivity index (χ2v) is 11.0. The van der Waals surface area contributed by atoms with Gasteiger partial charge >= 0.3 is 0 Å². The average Bonchev–Trinajstić information content (AvgIpc) is 3.09. The summed E-state index contributed by atoms with van der Waals surface area (Å²) >= 11 is 8.63. The maximum absolute atomic E-state index is 12.9. The Balaban J connectivity index is 1.51. The lowest BCUT2D eigenvalue weighted by Crippen LogP contribution is -2.37. The third-order valence-corrected chi connectivity index (χ3v) is 8.07. The van der Waals surface area contributed by atoms with E-state index >= 15 is 0 Å². The normalized spacial score (nSPS) is 14.8. The van der Waals surface area contributed by atoms with E-state index in [1.54, 1.807) is 28.6 Å². The number of rotatable bonds is 7. The summed E-state index contributed by atoms with van der Waals surface area (Å²) in [6.07, 6.45) is 4.80. The minimum absolute atomic E-state index is 0.104. The highest BCUT2D eigenvalue weighted by molar-refractivity contribution is 9.10. The van der Waals surface area contributed by atoms with Gasteiger partial charge in [-0.2, -0.15) is 4.31 Å². The van der Waals surface area contributed by atoms with E-state index in [1.807, 2.05) is 18.2 Å². The van der Waals surface area contributed by atoms with E-state index in [0.29, 0.717) is 24.5 Å². The molecule has 0 aliphatic carbocycles. The van der Waals surface area contributed by atoms with Crippen LogP contribution < -0.4 is 15.4 Å². The van der Waals surface area contributed by atoms with Gasteiger partial charge < -0.3 is 10.1 Å². The lowest BCUT2D eigenvalue weighted by Gasteiger charge is -2.20. The zero-order valence-electron chi connectivity index (χ0n) is 18.5. The molecule has 7 nitrogen and oxygen atoms in total. The molecule has 10 heteroatoms. The van der Waals surface area contributed by atoms with Crippen LogP contribution in [0.5, 0.6) is 5.75 Å². The number of thiocarbonyl (C=S) groups is 1. The van der Waals surface area contributed by atoms with Crippen LogP contribution in [-0.2, 0) is 21.2 Å². The fourth-order valence-corrected chi connectivity index (χ4v) is 5.78. The number of sulfonamides is 1. The third-order valence-electron chi connectivity index (χ3n) is 5.33. The van der Waals surface area contributed by atoms with Crippen molar-refractivity contribution in [2.45, 2.75) is 43.9 Å². The maximum atomic E-state index is 12.9. The van der Waals surface area contributed by atoms with Gasteiger partial charge in [0, 0.05) is 18.8 Å². The summed E-state index contributed by atoms with van der Waals surface area (Å²) in [4.78, 5) is 12.4. The van der Waals surface area contributed by atoms with Gasteiger partial charge in [0.25, 0.3) is 5.91 Å². The molecule has 0 aromatic heterocycles. The quantitative estimate of drug-likeness (QED) is 0.492. The largest absolute Gasteiger partial charge is 0.483 e.